The molecule has 0 atom stereocenters. The Bertz CT molecular complexity index is 912. The highest BCUT2D eigenvalue weighted by atomic mass is 32.1. The molecule has 7 heteroatoms. The van der Waals surface area contributed by atoms with E-state index in [2.05, 4.69) is 30.8 Å². The van der Waals surface area contributed by atoms with Crippen molar-refractivity contribution in [1.29, 1.82) is 0 Å². The van der Waals surface area contributed by atoms with Crippen molar-refractivity contribution in [3.63, 3.8) is 0 Å². The summed E-state index contributed by atoms with van der Waals surface area (Å²) in [6, 6.07) is 0. The Hall–Kier alpha value is -1.99. The Morgan fingerprint density at radius 1 is 1.12 bits per heavy atom. The summed E-state index contributed by atoms with van der Waals surface area (Å²) in [5.41, 5.74) is 5.47. The molecule has 0 aromatic carbocycles. The fourth-order valence-corrected chi connectivity index (χ4v) is 5.21. The zero-order valence-electron chi connectivity index (χ0n) is 14.2. The first-order valence-electron chi connectivity index (χ1n) is 9.15. The lowest BCUT2D eigenvalue weighted by molar-refractivity contribution is 0.657. The summed E-state index contributed by atoms with van der Waals surface area (Å²) in [6.45, 7) is 2.84. The molecule has 5 rings (SSSR count). The van der Waals surface area contributed by atoms with E-state index in [1.807, 2.05) is 0 Å². The van der Waals surface area contributed by atoms with Crippen LogP contribution in [0.3, 0.4) is 0 Å². The van der Waals surface area contributed by atoms with E-state index in [9.17, 15) is 0 Å². The van der Waals surface area contributed by atoms with Crippen LogP contribution in [0.1, 0.15) is 40.2 Å². The van der Waals surface area contributed by atoms with E-state index < -0.39 is 0 Å². The van der Waals surface area contributed by atoms with Crippen molar-refractivity contribution in [2.75, 3.05) is 18.4 Å². The van der Waals surface area contributed by atoms with E-state index in [0.29, 0.717) is 0 Å². The normalized spacial score (nSPS) is 16.6. The maximum Gasteiger partial charge on any atom is 0.138 e. The third kappa shape index (κ3) is 2.71. The fraction of sp³-hybridized carbons (Fsp3) is 0.500. The maximum atomic E-state index is 4.55. The molecule has 0 amide bonds. The van der Waals surface area contributed by atoms with Crippen LogP contribution < -0.4 is 10.6 Å². The standard InChI is InChI=1S/C18H22N6S/c1-2-4-13-11(3-1)14(24-23-13)6-8-20-17-16-12-5-7-19-9-15(12)25-18(16)22-10-21-17/h10,19H,1-9H2,(H,23,24)(H,20,21,22). The van der Waals surface area contributed by atoms with Gasteiger partial charge in [-0.2, -0.15) is 5.10 Å². The highest BCUT2D eigenvalue weighted by molar-refractivity contribution is 7.18. The third-order valence-corrected chi connectivity index (χ3v) is 6.44. The van der Waals surface area contributed by atoms with Gasteiger partial charge in [-0.1, -0.05) is 0 Å². The van der Waals surface area contributed by atoms with Gasteiger partial charge >= 0.3 is 0 Å². The van der Waals surface area contributed by atoms with Crippen LogP contribution in [0.15, 0.2) is 6.33 Å². The SMILES string of the molecule is c1nc(NCCc2n[nH]c3c2CCCC3)c2c3c(sc2n1)CNCC3. The minimum absolute atomic E-state index is 0.853. The van der Waals surface area contributed by atoms with Crippen LogP contribution in [0.25, 0.3) is 10.2 Å². The number of anilines is 1. The van der Waals surface area contributed by atoms with Gasteiger partial charge in [0, 0.05) is 30.1 Å². The van der Waals surface area contributed by atoms with Crippen molar-refractivity contribution in [2.45, 2.75) is 45.1 Å². The maximum absolute atomic E-state index is 4.55. The van der Waals surface area contributed by atoms with E-state index in [4.69, 9.17) is 0 Å². The first-order valence-corrected chi connectivity index (χ1v) is 9.96. The number of aromatic amines is 1. The van der Waals surface area contributed by atoms with Crippen LogP contribution in [-0.4, -0.2) is 33.3 Å². The average Bonchev–Trinajstić information content (AvgIpc) is 3.23. The largest absolute Gasteiger partial charge is 0.369 e. The van der Waals surface area contributed by atoms with Crippen molar-refractivity contribution < 1.29 is 0 Å². The van der Waals surface area contributed by atoms with Gasteiger partial charge in [-0.25, -0.2) is 9.97 Å². The first kappa shape index (κ1) is 15.3. The van der Waals surface area contributed by atoms with Crippen LogP contribution >= 0.6 is 11.3 Å². The molecule has 0 radical (unpaired) electrons. The molecule has 25 heavy (non-hydrogen) atoms. The number of hydrogen-bond acceptors (Lipinski definition) is 6. The Morgan fingerprint density at radius 3 is 3.08 bits per heavy atom. The minimum atomic E-state index is 0.853. The Morgan fingerprint density at radius 2 is 2.08 bits per heavy atom. The topological polar surface area (TPSA) is 78.5 Å². The van der Waals surface area contributed by atoms with Gasteiger partial charge in [0.25, 0.3) is 0 Å². The number of hydrogen-bond donors (Lipinski definition) is 3. The predicted octanol–water partition coefficient (Wildman–Crippen LogP) is 2.59. The summed E-state index contributed by atoms with van der Waals surface area (Å²) in [7, 11) is 0. The Kier molecular flexibility index (Phi) is 3.90. The summed E-state index contributed by atoms with van der Waals surface area (Å²) in [4.78, 5) is 11.5. The van der Waals surface area contributed by atoms with Crippen LogP contribution in [0.4, 0.5) is 5.82 Å². The summed E-state index contributed by atoms with van der Waals surface area (Å²) in [5, 5.41) is 16.0. The van der Waals surface area contributed by atoms with Gasteiger partial charge in [-0.05, 0) is 49.8 Å². The first-order chi connectivity index (χ1) is 12.4. The fourth-order valence-electron chi connectivity index (χ4n) is 4.05. The van der Waals surface area contributed by atoms with E-state index in [-0.39, 0.29) is 0 Å². The van der Waals surface area contributed by atoms with Gasteiger partial charge in [0.15, 0.2) is 0 Å². The second-order valence-corrected chi connectivity index (χ2v) is 7.93. The van der Waals surface area contributed by atoms with Crippen molar-refractivity contribution in [1.82, 2.24) is 25.5 Å². The molecule has 1 aliphatic heterocycles. The minimum Gasteiger partial charge on any atom is -0.369 e. The number of nitrogens with zero attached hydrogens (tertiary/aromatic N) is 3. The summed E-state index contributed by atoms with van der Waals surface area (Å²) in [5.74, 6) is 0.980. The predicted molar refractivity (Wildman–Crippen MR) is 100 cm³/mol. The summed E-state index contributed by atoms with van der Waals surface area (Å²) >= 11 is 1.79. The lowest BCUT2D eigenvalue weighted by Gasteiger charge is -2.14. The smallest absolute Gasteiger partial charge is 0.138 e. The molecule has 3 aromatic rings. The average molecular weight is 354 g/mol. The van der Waals surface area contributed by atoms with Gasteiger partial charge in [-0.15, -0.1) is 11.3 Å². The molecule has 2 aliphatic rings. The molecule has 4 heterocycles. The van der Waals surface area contributed by atoms with Gasteiger partial charge < -0.3 is 10.6 Å². The molecule has 130 valence electrons. The zero-order valence-corrected chi connectivity index (χ0v) is 15.0. The molecule has 0 saturated carbocycles. The lowest BCUT2D eigenvalue weighted by atomic mass is 9.95. The summed E-state index contributed by atoms with van der Waals surface area (Å²) in [6.07, 6.45) is 8.56. The van der Waals surface area contributed by atoms with Crippen LogP contribution in [-0.2, 0) is 32.2 Å². The molecule has 6 nitrogen and oxygen atoms in total. The lowest BCUT2D eigenvalue weighted by Crippen LogP contribution is -2.22. The molecule has 1 aliphatic carbocycles. The van der Waals surface area contributed by atoms with Crippen molar-refractivity contribution >= 4 is 27.4 Å². The van der Waals surface area contributed by atoms with Gasteiger partial charge in [-0.3, -0.25) is 5.10 Å². The molecule has 0 unspecified atom stereocenters. The Balaban J connectivity index is 1.36. The number of rotatable bonds is 4. The van der Waals surface area contributed by atoms with E-state index in [1.165, 1.54) is 52.0 Å². The quantitative estimate of drug-likeness (QED) is 0.671. The van der Waals surface area contributed by atoms with Gasteiger partial charge in [0.2, 0.25) is 0 Å². The van der Waals surface area contributed by atoms with Gasteiger partial charge in [0.05, 0.1) is 11.1 Å². The Labute approximate surface area is 150 Å². The summed E-state index contributed by atoms with van der Waals surface area (Å²) < 4.78 is 0. The number of H-pyrrole nitrogens is 1. The number of aromatic nitrogens is 4. The van der Waals surface area contributed by atoms with Gasteiger partial charge in [0.1, 0.15) is 17.0 Å². The van der Waals surface area contributed by atoms with Crippen molar-refractivity contribution in [2.24, 2.45) is 0 Å². The van der Waals surface area contributed by atoms with E-state index in [1.54, 1.807) is 17.7 Å². The zero-order chi connectivity index (χ0) is 16.6. The molecular formula is C18H22N6S. The monoisotopic (exact) mass is 354 g/mol. The number of nitrogens with one attached hydrogen (secondary N) is 3. The molecular weight excluding hydrogens is 332 g/mol. The number of fused-ring (bicyclic) bond motifs is 4. The molecule has 0 bridgehead atoms. The molecule has 3 aromatic heterocycles. The highest BCUT2D eigenvalue weighted by Gasteiger charge is 2.20. The van der Waals surface area contributed by atoms with E-state index >= 15 is 0 Å². The molecule has 0 spiro atoms. The van der Waals surface area contributed by atoms with Crippen molar-refractivity contribution in [3.05, 3.63) is 33.7 Å². The molecule has 0 fully saturated rings. The number of aryl methyl sites for hydroxylation is 1. The molecule has 3 N–H and O–H groups in total. The van der Waals surface area contributed by atoms with Crippen LogP contribution in [0.5, 0.6) is 0 Å². The molecule has 0 saturated heterocycles. The second kappa shape index (κ2) is 6.38. The van der Waals surface area contributed by atoms with Crippen LogP contribution in [0, 0.1) is 0 Å². The third-order valence-electron chi connectivity index (χ3n) is 5.30. The highest BCUT2D eigenvalue weighted by Crippen LogP contribution is 2.35. The second-order valence-electron chi connectivity index (χ2n) is 6.84. The number of thiophene rings is 1. The van der Waals surface area contributed by atoms with Crippen LogP contribution in [0.2, 0.25) is 0 Å². The van der Waals surface area contributed by atoms with Crippen molar-refractivity contribution in [3.8, 4) is 0 Å². The van der Waals surface area contributed by atoms with E-state index in [0.717, 1.165) is 49.5 Å².